The SMILES string of the molecule is CC(=O)Nc1cc(S(=O)(=O)NCC2=CCNCC2)ccc1F.Cl. The molecule has 0 bridgehead atoms. The maximum atomic E-state index is 13.5. The number of hydrogen-bond acceptors (Lipinski definition) is 4. The van der Waals surface area contributed by atoms with Crippen molar-refractivity contribution in [3.05, 3.63) is 35.7 Å². The number of nitrogens with one attached hydrogen (secondary N) is 3. The second kappa shape index (κ2) is 8.39. The van der Waals surface area contributed by atoms with E-state index in [4.69, 9.17) is 0 Å². The van der Waals surface area contributed by atoms with Gasteiger partial charge < -0.3 is 10.6 Å². The Bertz CT molecular complexity index is 707. The maximum absolute atomic E-state index is 13.5. The summed E-state index contributed by atoms with van der Waals surface area (Å²) in [7, 11) is -3.76. The lowest BCUT2D eigenvalue weighted by Crippen LogP contribution is -2.29. The van der Waals surface area contributed by atoms with E-state index in [-0.39, 0.29) is 29.5 Å². The smallest absolute Gasteiger partial charge is 0.240 e. The van der Waals surface area contributed by atoms with Crippen molar-refractivity contribution < 1.29 is 17.6 Å². The first-order valence-corrected chi connectivity index (χ1v) is 8.32. The van der Waals surface area contributed by atoms with Crippen LogP contribution in [0.3, 0.4) is 0 Å². The summed E-state index contributed by atoms with van der Waals surface area (Å²) in [6.07, 6.45) is 2.72. The van der Waals surface area contributed by atoms with Gasteiger partial charge in [0, 0.05) is 20.0 Å². The van der Waals surface area contributed by atoms with Gasteiger partial charge >= 0.3 is 0 Å². The highest BCUT2D eigenvalue weighted by atomic mass is 35.5. The zero-order valence-electron chi connectivity index (χ0n) is 12.6. The van der Waals surface area contributed by atoms with Gasteiger partial charge in [-0.05, 0) is 31.2 Å². The molecule has 0 aliphatic carbocycles. The molecule has 1 aliphatic rings. The van der Waals surface area contributed by atoms with Crippen molar-refractivity contribution in [2.75, 3.05) is 25.0 Å². The first-order chi connectivity index (χ1) is 10.4. The highest BCUT2D eigenvalue weighted by Crippen LogP contribution is 2.19. The fourth-order valence-corrected chi connectivity index (χ4v) is 3.12. The van der Waals surface area contributed by atoms with Crippen molar-refractivity contribution in [3.63, 3.8) is 0 Å². The molecule has 0 radical (unpaired) electrons. The highest BCUT2D eigenvalue weighted by Gasteiger charge is 2.17. The summed E-state index contributed by atoms with van der Waals surface area (Å²) >= 11 is 0. The predicted octanol–water partition coefficient (Wildman–Crippen LogP) is 1.40. The van der Waals surface area contributed by atoms with Gasteiger partial charge in [0.2, 0.25) is 15.9 Å². The number of anilines is 1. The monoisotopic (exact) mass is 363 g/mol. The summed E-state index contributed by atoms with van der Waals surface area (Å²) in [5.74, 6) is -1.16. The fourth-order valence-electron chi connectivity index (χ4n) is 2.06. The van der Waals surface area contributed by atoms with E-state index in [9.17, 15) is 17.6 Å². The van der Waals surface area contributed by atoms with E-state index in [1.807, 2.05) is 6.08 Å². The third-order valence-electron chi connectivity index (χ3n) is 3.21. The number of benzene rings is 1. The van der Waals surface area contributed by atoms with Crippen molar-refractivity contribution in [3.8, 4) is 0 Å². The van der Waals surface area contributed by atoms with E-state index >= 15 is 0 Å². The zero-order chi connectivity index (χ0) is 16.2. The summed E-state index contributed by atoms with van der Waals surface area (Å²) in [6.45, 7) is 2.98. The molecule has 0 atom stereocenters. The number of hydrogen-bond donors (Lipinski definition) is 3. The lowest BCUT2D eigenvalue weighted by Gasteiger charge is -2.15. The molecular weight excluding hydrogens is 345 g/mol. The Morgan fingerprint density at radius 1 is 1.39 bits per heavy atom. The lowest BCUT2D eigenvalue weighted by atomic mass is 10.1. The molecule has 9 heteroatoms. The molecule has 0 saturated carbocycles. The van der Waals surface area contributed by atoms with Crippen LogP contribution < -0.4 is 15.4 Å². The molecule has 0 spiro atoms. The molecule has 1 aromatic carbocycles. The maximum Gasteiger partial charge on any atom is 0.240 e. The van der Waals surface area contributed by atoms with Crippen molar-refractivity contribution in [1.29, 1.82) is 0 Å². The molecule has 0 aromatic heterocycles. The number of halogens is 2. The van der Waals surface area contributed by atoms with Crippen LogP contribution in [0.15, 0.2) is 34.7 Å². The zero-order valence-corrected chi connectivity index (χ0v) is 14.2. The minimum atomic E-state index is -3.76. The van der Waals surface area contributed by atoms with Gasteiger partial charge in [0.25, 0.3) is 0 Å². The Morgan fingerprint density at radius 3 is 2.74 bits per heavy atom. The van der Waals surface area contributed by atoms with Gasteiger partial charge in [-0.25, -0.2) is 17.5 Å². The Kier molecular flexibility index (Phi) is 7.14. The Balaban J connectivity index is 0.00000264. The number of carbonyl (C=O) groups is 1. The van der Waals surface area contributed by atoms with Gasteiger partial charge in [0.1, 0.15) is 5.82 Å². The van der Waals surface area contributed by atoms with Crippen LogP contribution >= 0.6 is 12.4 Å². The highest BCUT2D eigenvalue weighted by molar-refractivity contribution is 7.89. The van der Waals surface area contributed by atoms with Gasteiger partial charge in [0.15, 0.2) is 0 Å². The van der Waals surface area contributed by atoms with Crippen molar-refractivity contribution in [2.24, 2.45) is 0 Å². The second-order valence-corrected chi connectivity index (χ2v) is 6.73. The van der Waals surface area contributed by atoms with Crippen LogP contribution in [0.4, 0.5) is 10.1 Å². The average molecular weight is 364 g/mol. The number of sulfonamides is 1. The Hall–Kier alpha value is -1.48. The van der Waals surface area contributed by atoms with Crippen LogP contribution in [0.5, 0.6) is 0 Å². The van der Waals surface area contributed by atoms with E-state index in [2.05, 4.69) is 15.4 Å². The van der Waals surface area contributed by atoms with Gasteiger partial charge in [-0.15, -0.1) is 12.4 Å². The van der Waals surface area contributed by atoms with Crippen LogP contribution in [0, 0.1) is 5.82 Å². The molecule has 128 valence electrons. The molecule has 0 saturated heterocycles. The standard InChI is InChI=1S/C14H18FN3O3S.ClH/c1-10(19)18-14-8-12(2-3-13(14)15)22(20,21)17-9-11-4-6-16-7-5-11;/h2-4,8,16-17H,5-7,9H2,1H3,(H,18,19);1H. The van der Waals surface area contributed by atoms with Gasteiger partial charge in [-0.2, -0.15) is 0 Å². The third kappa shape index (κ3) is 5.58. The molecule has 2 rings (SSSR count). The van der Waals surface area contributed by atoms with Crippen molar-refractivity contribution in [2.45, 2.75) is 18.2 Å². The largest absolute Gasteiger partial charge is 0.324 e. The van der Waals surface area contributed by atoms with Gasteiger partial charge in [-0.1, -0.05) is 11.6 Å². The summed E-state index contributed by atoms with van der Waals surface area (Å²) in [6, 6.07) is 3.29. The van der Waals surface area contributed by atoms with E-state index in [1.54, 1.807) is 0 Å². The molecule has 0 fully saturated rings. The van der Waals surface area contributed by atoms with E-state index in [0.717, 1.165) is 37.2 Å². The van der Waals surface area contributed by atoms with E-state index in [1.165, 1.54) is 13.0 Å². The van der Waals surface area contributed by atoms with Gasteiger partial charge in [-0.3, -0.25) is 4.79 Å². The molecule has 1 heterocycles. The molecule has 3 N–H and O–H groups in total. The second-order valence-electron chi connectivity index (χ2n) is 4.96. The van der Waals surface area contributed by atoms with Crippen LogP contribution in [-0.2, 0) is 14.8 Å². The van der Waals surface area contributed by atoms with Crippen LogP contribution in [0.1, 0.15) is 13.3 Å². The van der Waals surface area contributed by atoms with Crippen LogP contribution in [-0.4, -0.2) is 34.0 Å². The summed E-state index contributed by atoms with van der Waals surface area (Å²) in [5.41, 5.74) is 0.850. The molecule has 1 aromatic rings. The molecule has 6 nitrogen and oxygen atoms in total. The number of carbonyl (C=O) groups excluding carboxylic acids is 1. The minimum Gasteiger partial charge on any atom is -0.324 e. The quantitative estimate of drug-likeness (QED) is 0.690. The molecule has 1 amide bonds. The summed E-state index contributed by atoms with van der Waals surface area (Å²) < 4.78 is 40.5. The lowest BCUT2D eigenvalue weighted by molar-refractivity contribution is -0.114. The molecule has 23 heavy (non-hydrogen) atoms. The fraction of sp³-hybridized carbons (Fsp3) is 0.357. The topological polar surface area (TPSA) is 87.3 Å². The predicted molar refractivity (Wildman–Crippen MR) is 88.7 cm³/mol. The molecule has 0 unspecified atom stereocenters. The molecular formula is C14H19ClFN3O3S. The Labute approximate surface area is 141 Å². The van der Waals surface area contributed by atoms with Crippen LogP contribution in [0.2, 0.25) is 0 Å². The van der Waals surface area contributed by atoms with Crippen molar-refractivity contribution >= 4 is 34.0 Å². The Morgan fingerprint density at radius 2 is 2.13 bits per heavy atom. The van der Waals surface area contributed by atoms with Crippen molar-refractivity contribution in [1.82, 2.24) is 10.0 Å². The summed E-state index contributed by atoms with van der Waals surface area (Å²) in [4.78, 5) is 10.9. The number of amides is 1. The van der Waals surface area contributed by atoms with E-state index in [0.29, 0.717) is 0 Å². The first-order valence-electron chi connectivity index (χ1n) is 6.84. The average Bonchev–Trinajstić information content (AvgIpc) is 2.48. The number of rotatable bonds is 5. The van der Waals surface area contributed by atoms with E-state index < -0.39 is 21.7 Å². The third-order valence-corrected chi connectivity index (χ3v) is 4.60. The molecule has 1 aliphatic heterocycles. The minimum absolute atomic E-state index is 0. The normalized spacial score (nSPS) is 14.6. The van der Waals surface area contributed by atoms with Crippen LogP contribution in [0.25, 0.3) is 0 Å². The summed E-state index contributed by atoms with van der Waals surface area (Å²) in [5, 5.41) is 5.41. The first kappa shape index (κ1) is 19.6. The van der Waals surface area contributed by atoms with Gasteiger partial charge in [0.05, 0.1) is 10.6 Å².